The van der Waals surface area contributed by atoms with Gasteiger partial charge in [0.05, 0.1) is 16.7 Å². The van der Waals surface area contributed by atoms with E-state index in [1.54, 1.807) is 0 Å². The van der Waals surface area contributed by atoms with Crippen LogP contribution in [0.3, 0.4) is 0 Å². The van der Waals surface area contributed by atoms with Gasteiger partial charge in [0.25, 0.3) is 0 Å². The molecule has 0 bridgehead atoms. The van der Waals surface area contributed by atoms with Crippen molar-refractivity contribution in [3.8, 4) is 16.8 Å². The van der Waals surface area contributed by atoms with Crippen LogP contribution in [0.5, 0.6) is 0 Å². The summed E-state index contributed by atoms with van der Waals surface area (Å²) >= 11 is 0. The number of benzene rings is 5. The molecule has 0 aliphatic heterocycles. The Balaban J connectivity index is 1.67. The third kappa shape index (κ3) is 2.77. The highest BCUT2D eigenvalue weighted by Gasteiger charge is 2.29. The highest BCUT2D eigenvalue weighted by Crippen LogP contribution is 2.50. The van der Waals surface area contributed by atoms with Crippen molar-refractivity contribution in [2.24, 2.45) is 0 Å². The fraction of sp³-hybridized carbons (Fsp3) is 0.118. The van der Waals surface area contributed by atoms with Crippen LogP contribution in [-0.4, -0.2) is 4.57 Å². The molecule has 0 fully saturated rings. The molecular weight excluding hydrogens is 460 g/mol. The van der Waals surface area contributed by atoms with Gasteiger partial charge in [-0.25, -0.2) is 8.78 Å². The molecule has 5 aromatic carbocycles. The first-order chi connectivity index (χ1) is 18.1. The van der Waals surface area contributed by atoms with Gasteiger partial charge in [-0.1, -0.05) is 66.7 Å². The van der Waals surface area contributed by atoms with E-state index in [2.05, 4.69) is 78.2 Å². The maximum atomic E-state index is 14.7. The smallest absolute Gasteiger partial charge is 0.128 e. The van der Waals surface area contributed by atoms with Crippen molar-refractivity contribution in [3.05, 3.63) is 119 Å². The quantitative estimate of drug-likeness (QED) is 0.219. The van der Waals surface area contributed by atoms with Crippen LogP contribution in [0.15, 0.2) is 84.9 Å². The molecule has 1 nitrogen and oxygen atoms in total. The fourth-order valence-electron chi connectivity index (χ4n) is 6.89. The van der Waals surface area contributed by atoms with Crippen molar-refractivity contribution in [1.29, 1.82) is 0 Å². The van der Waals surface area contributed by atoms with Crippen LogP contribution in [-0.2, 0) is 12.8 Å². The third-order valence-electron chi connectivity index (χ3n) is 8.32. The number of nitrogens with zero attached hydrogens (tertiary/aromatic N) is 1. The Kier molecular flexibility index (Phi) is 4.18. The molecular formula is C34H23F2N. The van der Waals surface area contributed by atoms with Crippen LogP contribution >= 0.6 is 0 Å². The number of rotatable bonds is 1. The second-order valence-electron chi connectivity index (χ2n) is 10.3. The van der Waals surface area contributed by atoms with E-state index in [1.165, 1.54) is 61.9 Å². The Hall–Kier alpha value is -4.24. The number of halogens is 2. The highest BCUT2D eigenvalue weighted by atomic mass is 19.1. The van der Waals surface area contributed by atoms with Crippen LogP contribution in [0, 0.1) is 11.6 Å². The number of hydrogen-bond acceptors (Lipinski definition) is 0. The second-order valence-corrected chi connectivity index (χ2v) is 10.3. The molecule has 0 spiro atoms. The SMILES string of the molecule is CC1=CCCc2c1ccc1c3c4c(c5ccccc5c3n(-c3cc(F)cc(F)c3)c21)-c1ccccc1C4. The molecule has 0 radical (unpaired) electrons. The van der Waals surface area contributed by atoms with Gasteiger partial charge in [-0.3, -0.25) is 0 Å². The maximum Gasteiger partial charge on any atom is 0.128 e. The third-order valence-corrected chi connectivity index (χ3v) is 8.32. The minimum absolute atomic E-state index is 0.527. The van der Waals surface area contributed by atoms with Gasteiger partial charge in [-0.05, 0) is 82.7 Å². The second kappa shape index (κ2) is 7.39. The van der Waals surface area contributed by atoms with Crippen molar-refractivity contribution < 1.29 is 8.78 Å². The number of aryl methyl sites for hydroxylation is 1. The summed E-state index contributed by atoms with van der Waals surface area (Å²) in [5.74, 6) is -1.13. The van der Waals surface area contributed by atoms with Crippen LogP contribution in [0.25, 0.3) is 55.0 Å². The molecule has 0 saturated heterocycles. The average Bonchev–Trinajstić information content (AvgIpc) is 3.45. The van der Waals surface area contributed by atoms with Crippen molar-refractivity contribution in [3.63, 3.8) is 0 Å². The molecule has 2 aliphatic carbocycles. The molecule has 1 aromatic heterocycles. The van der Waals surface area contributed by atoms with Crippen LogP contribution < -0.4 is 0 Å². The molecule has 6 aromatic rings. The number of allylic oxidation sites excluding steroid dienone is 2. The van der Waals surface area contributed by atoms with Crippen LogP contribution in [0.4, 0.5) is 8.78 Å². The zero-order valence-corrected chi connectivity index (χ0v) is 20.4. The maximum absolute atomic E-state index is 14.7. The molecule has 0 atom stereocenters. The van der Waals surface area contributed by atoms with E-state index in [-0.39, 0.29) is 0 Å². The molecule has 0 N–H and O–H groups in total. The summed E-state index contributed by atoms with van der Waals surface area (Å²) in [6.07, 6.45) is 4.99. The minimum atomic E-state index is -0.566. The molecule has 2 aliphatic rings. The van der Waals surface area contributed by atoms with E-state index in [4.69, 9.17) is 0 Å². The van der Waals surface area contributed by atoms with Gasteiger partial charge in [-0.2, -0.15) is 0 Å². The highest BCUT2D eigenvalue weighted by molar-refractivity contribution is 6.25. The first-order valence-electron chi connectivity index (χ1n) is 12.9. The van der Waals surface area contributed by atoms with Crippen molar-refractivity contribution in [2.45, 2.75) is 26.2 Å². The number of fused-ring (bicyclic) bond motifs is 12. The lowest BCUT2D eigenvalue weighted by Crippen LogP contribution is -2.04. The average molecular weight is 484 g/mol. The summed E-state index contributed by atoms with van der Waals surface area (Å²) in [4.78, 5) is 0. The zero-order valence-electron chi connectivity index (χ0n) is 20.4. The monoisotopic (exact) mass is 483 g/mol. The lowest BCUT2D eigenvalue weighted by Gasteiger charge is -2.19. The Morgan fingerprint density at radius 3 is 2.30 bits per heavy atom. The van der Waals surface area contributed by atoms with Crippen molar-refractivity contribution in [2.75, 3.05) is 0 Å². The predicted octanol–water partition coefficient (Wildman–Crippen LogP) is 9.14. The molecule has 1 heterocycles. The summed E-state index contributed by atoms with van der Waals surface area (Å²) in [6.45, 7) is 2.16. The Bertz CT molecular complexity index is 1970. The fourth-order valence-corrected chi connectivity index (χ4v) is 6.89. The van der Waals surface area contributed by atoms with E-state index < -0.39 is 11.6 Å². The van der Waals surface area contributed by atoms with Gasteiger partial charge in [0.2, 0.25) is 0 Å². The molecule has 0 amide bonds. The Morgan fingerprint density at radius 1 is 0.703 bits per heavy atom. The Labute approximate surface area is 213 Å². The zero-order chi connectivity index (χ0) is 24.8. The van der Waals surface area contributed by atoms with Crippen molar-refractivity contribution >= 4 is 38.2 Å². The Morgan fingerprint density at radius 2 is 1.46 bits per heavy atom. The van der Waals surface area contributed by atoms with E-state index in [1.807, 2.05) is 0 Å². The first kappa shape index (κ1) is 20.9. The van der Waals surface area contributed by atoms with Crippen LogP contribution in [0.1, 0.15) is 35.6 Å². The van der Waals surface area contributed by atoms with Crippen LogP contribution in [0.2, 0.25) is 0 Å². The molecule has 0 saturated carbocycles. The summed E-state index contributed by atoms with van der Waals surface area (Å²) in [7, 11) is 0. The number of hydrogen-bond donors (Lipinski definition) is 0. The van der Waals surface area contributed by atoms with E-state index >= 15 is 0 Å². The first-order valence-corrected chi connectivity index (χ1v) is 12.9. The molecule has 8 rings (SSSR count). The normalized spacial score (nSPS) is 14.2. The summed E-state index contributed by atoms with van der Waals surface area (Å²) in [5, 5.41) is 4.63. The predicted molar refractivity (Wildman–Crippen MR) is 148 cm³/mol. The van der Waals surface area contributed by atoms with Gasteiger partial charge in [0.15, 0.2) is 0 Å². The van der Waals surface area contributed by atoms with Gasteiger partial charge in [0.1, 0.15) is 11.6 Å². The lowest BCUT2D eigenvalue weighted by molar-refractivity contribution is 0.582. The van der Waals surface area contributed by atoms with E-state index in [0.717, 1.165) is 47.1 Å². The molecule has 0 unspecified atom stereocenters. The van der Waals surface area contributed by atoms with Gasteiger partial charge in [0, 0.05) is 22.2 Å². The van der Waals surface area contributed by atoms with Gasteiger partial charge in [-0.15, -0.1) is 0 Å². The lowest BCUT2D eigenvalue weighted by atomic mass is 9.89. The minimum Gasteiger partial charge on any atom is -0.308 e. The molecule has 178 valence electrons. The van der Waals surface area contributed by atoms with Gasteiger partial charge < -0.3 is 4.57 Å². The standard InChI is InChI=1S/C34H23F2N/c1-19-7-6-12-27-24(19)13-14-29-32-30-15-20-8-2-3-9-25(20)31(30)26-10-4-5-11-28(26)34(32)37(33(27)29)23-17-21(35)16-22(36)18-23/h2-5,7-11,13-14,16-18H,6,12,15H2,1H3. The number of aromatic nitrogens is 1. The van der Waals surface area contributed by atoms with E-state index in [0.29, 0.717) is 5.69 Å². The topological polar surface area (TPSA) is 4.93 Å². The summed E-state index contributed by atoms with van der Waals surface area (Å²) < 4.78 is 31.5. The van der Waals surface area contributed by atoms with Crippen molar-refractivity contribution in [1.82, 2.24) is 4.57 Å². The summed E-state index contributed by atoms with van der Waals surface area (Å²) in [6, 6.07) is 25.5. The molecule has 3 heteroatoms. The largest absolute Gasteiger partial charge is 0.308 e. The molecule has 37 heavy (non-hydrogen) atoms. The van der Waals surface area contributed by atoms with Gasteiger partial charge >= 0.3 is 0 Å². The summed E-state index contributed by atoms with van der Waals surface area (Å²) in [5.41, 5.74) is 11.6. The van der Waals surface area contributed by atoms with E-state index in [9.17, 15) is 8.78 Å².